The molecule has 5 heteroatoms. The molecule has 0 saturated carbocycles. The van der Waals surface area contributed by atoms with Crippen LogP contribution in [0.2, 0.25) is 0 Å². The van der Waals surface area contributed by atoms with Crippen LogP contribution in [0.3, 0.4) is 0 Å². The molecule has 1 amide bonds. The van der Waals surface area contributed by atoms with Gasteiger partial charge in [-0.15, -0.1) is 11.3 Å². The molecule has 0 spiro atoms. The summed E-state index contributed by atoms with van der Waals surface area (Å²) in [5, 5.41) is 8.62. The average Bonchev–Trinajstić information content (AvgIpc) is 2.72. The molecule has 2 N–H and O–H groups in total. The molecule has 16 heavy (non-hydrogen) atoms. The summed E-state index contributed by atoms with van der Waals surface area (Å²) in [5.41, 5.74) is 0.836. The van der Waals surface area contributed by atoms with E-state index in [1.807, 2.05) is 12.4 Å². The van der Waals surface area contributed by atoms with E-state index in [0.29, 0.717) is 6.42 Å². The van der Waals surface area contributed by atoms with Crippen LogP contribution in [0.15, 0.2) is 5.38 Å². The Labute approximate surface area is 100 Å². The molecule has 1 rings (SSSR count). The number of anilines is 1. The number of aromatic nitrogens is 1. The number of unbranched alkanes of at least 4 members (excludes halogenated alkanes) is 2. The summed E-state index contributed by atoms with van der Waals surface area (Å²) in [6, 6.07) is 0. The summed E-state index contributed by atoms with van der Waals surface area (Å²) in [6.07, 6.45) is 3.78. The number of rotatable bonds is 7. The van der Waals surface area contributed by atoms with Gasteiger partial charge in [0.1, 0.15) is 0 Å². The van der Waals surface area contributed by atoms with E-state index in [4.69, 9.17) is 0 Å². The van der Waals surface area contributed by atoms with E-state index in [-0.39, 0.29) is 5.91 Å². The summed E-state index contributed by atoms with van der Waals surface area (Å²) in [6.45, 7) is 2.92. The average molecular weight is 241 g/mol. The van der Waals surface area contributed by atoms with Crippen LogP contribution < -0.4 is 10.6 Å². The molecule has 0 unspecified atom stereocenters. The summed E-state index contributed by atoms with van der Waals surface area (Å²) in [5.74, 6) is 0.0593. The Morgan fingerprint density at radius 1 is 1.50 bits per heavy atom. The third-order valence-corrected chi connectivity index (χ3v) is 3.12. The van der Waals surface area contributed by atoms with Crippen LogP contribution in [0.25, 0.3) is 0 Å². The third-order valence-electron chi connectivity index (χ3n) is 2.21. The van der Waals surface area contributed by atoms with Gasteiger partial charge in [-0.2, -0.15) is 0 Å². The van der Waals surface area contributed by atoms with Gasteiger partial charge in [0.2, 0.25) is 5.91 Å². The predicted molar refractivity (Wildman–Crippen MR) is 67.9 cm³/mol. The number of carbonyl (C=O) groups excluding carboxylic acids is 1. The van der Waals surface area contributed by atoms with Crippen LogP contribution in [-0.4, -0.2) is 24.5 Å². The highest BCUT2D eigenvalue weighted by Crippen LogP contribution is 2.14. The molecular formula is C11H19N3OS. The van der Waals surface area contributed by atoms with Crippen LogP contribution in [0.4, 0.5) is 5.13 Å². The van der Waals surface area contributed by atoms with E-state index in [2.05, 4.69) is 22.5 Å². The topological polar surface area (TPSA) is 54.0 Å². The fourth-order valence-electron chi connectivity index (χ4n) is 1.33. The van der Waals surface area contributed by atoms with Crippen molar-refractivity contribution in [1.82, 2.24) is 10.3 Å². The van der Waals surface area contributed by atoms with Crippen molar-refractivity contribution in [3.63, 3.8) is 0 Å². The molecule has 0 aliphatic heterocycles. The maximum Gasteiger partial charge on any atom is 0.226 e. The molecule has 0 bridgehead atoms. The van der Waals surface area contributed by atoms with Crippen LogP contribution in [0.5, 0.6) is 0 Å². The number of hydrogen-bond acceptors (Lipinski definition) is 4. The van der Waals surface area contributed by atoms with E-state index in [0.717, 1.165) is 23.8 Å². The molecule has 0 fully saturated rings. The minimum absolute atomic E-state index is 0.0593. The minimum Gasteiger partial charge on any atom is -0.365 e. The zero-order chi connectivity index (χ0) is 11.8. The quantitative estimate of drug-likeness (QED) is 0.718. The fourth-order valence-corrected chi connectivity index (χ4v) is 2.00. The van der Waals surface area contributed by atoms with Crippen molar-refractivity contribution in [3.8, 4) is 0 Å². The monoisotopic (exact) mass is 241 g/mol. The van der Waals surface area contributed by atoms with Gasteiger partial charge in [0.05, 0.1) is 12.1 Å². The van der Waals surface area contributed by atoms with E-state index in [9.17, 15) is 4.79 Å². The summed E-state index contributed by atoms with van der Waals surface area (Å²) < 4.78 is 0. The second-order valence-corrected chi connectivity index (χ2v) is 4.49. The number of carbonyl (C=O) groups is 1. The zero-order valence-corrected chi connectivity index (χ0v) is 10.7. The van der Waals surface area contributed by atoms with E-state index >= 15 is 0 Å². The molecule has 90 valence electrons. The Kier molecular flexibility index (Phi) is 5.85. The van der Waals surface area contributed by atoms with Gasteiger partial charge in [-0.1, -0.05) is 19.8 Å². The van der Waals surface area contributed by atoms with Crippen LogP contribution in [0, 0.1) is 0 Å². The lowest BCUT2D eigenvalue weighted by Gasteiger charge is -2.02. The van der Waals surface area contributed by atoms with Gasteiger partial charge in [0.25, 0.3) is 0 Å². The Bertz CT molecular complexity index is 325. The molecule has 1 aromatic rings. The highest BCUT2D eigenvalue weighted by molar-refractivity contribution is 7.13. The van der Waals surface area contributed by atoms with Gasteiger partial charge in [0, 0.05) is 19.0 Å². The highest BCUT2D eigenvalue weighted by atomic mass is 32.1. The van der Waals surface area contributed by atoms with Gasteiger partial charge < -0.3 is 10.6 Å². The van der Waals surface area contributed by atoms with Gasteiger partial charge in [-0.25, -0.2) is 4.98 Å². The van der Waals surface area contributed by atoms with Gasteiger partial charge in [-0.3, -0.25) is 4.79 Å². The van der Waals surface area contributed by atoms with Gasteiger partial charge in [0.15, 0.2) is 5.13 Å². The number of hydrogen-bond donors (Lipinski definition) is 2. The first-order chi connectivity index (χ1) is 7.76. The van der Waals surface area contributed by atoms with Crippen molar-refractivity contribution in [2.45, 2.75) is 32.6 Å². The molecule has 4 nitrogen and oxygen atoms in total. The summed E-state index contributed by atoms with van der Waals surface area (Å²) >= 11 is 1.52. The van der Waals surface area contributed by atoms with Crippen molar-refractivity contribution in [2.75, 3.05) is 18.9 Å². The molecule has 0 aromatic carbocycles. The Hall–Kier alpha value is -1.10. The van der Waals surface area contributed by atoms with Gasteiger partial charge >= 0.3 is 0 Å². The van der Waals surface area contributed by atoms with E-state index in [1.165, 1.54) is 24.2 Å². The molecule has 0 atom stereocenters. The lowest BCUT2D eigenvalue weighted by molar-refractivity contribution is -0.120. The maximum absolute atomic E-state index is 11.5. The first kappa shape index (κ1) is 13.0. The van der Waals surface area contributed by atoms with Crippen molar-refractivity contribution >= 4 is 22.4 Å². The first-order valence-electron chi connectivity index (χ1n) is 5.65. The summed E-state index contributed by atoms with van der Waals surface area (Å²) in [4.78, 5) is 15.8. The van der Waals surface area contributed by atoms with E-state index in [1.54, 1.807) is 0 Å². The second-order valence-electron chi connectivity index (χ2n) is 3.63. The Balaban J connectivity index is 2.23. The van der Waals surface area contributed by atoms with Crippen molar-refractivity contribution in [3.05, 3.63) is 11.1 Å². The smallest absolute Gasteiger partial charge is 0.226 e. The number of thiazole rings is 1. The lowest BCUT2D eigenvalue weighted by atomic mass is 10.2. The molecule has 1 aromatic heterocycles. The number of nitrogens with one attached hydrogen (secondary N) is 2. The molecular weight excluding hydrogens is 222 g/mol. The minimum atomic E-state index is 0.0593. The summed E-state index contributed by atoms with van der Waals surface area (Å²) in [7, 11) is 1.83. The molecule has 1 heterocycles. The van der Waals surface area contributed by atoms with E-state index < -0.39 is 0 Å². The van der Waals surface area contributed by atoms with Crippen molar-refractivity contribution in [1.29, 1.82) is 0 Å². The van der Waals surface area contributed by atoms with Crippen LogP contribution >= 0.6 is 11.3 Å². The predicted octanol–water partition coefficient (Wildman–Crippen LogP) is 2.03. The maximum atomic E-state index is 11.5. The fraction of sp³-hybridized carbons (Fsp3) is 0.636. The Morgan fingerprint density at radius 2 is 2.31 bits per heavy atom. The lowest BCUT2D eigenvalue weighted by Crippen LogP contribution is -2.26. The number of nitrogens with zero attached hydrogens (tertiary/aromatic N) is 1. The molecule has 0 aliphatic carbocycles. The second kappa shape index (κ2) is 7.22. The van der Waals surface area contributed by atoms with Crippen molar-refractivity contribution in [2.24, 2.45) is 0 Å². The number of amides is 1. The third kappa shape index (κ3) is 4.61. The molecule has 0 aliphatic rings. The first-order valence-corrected chi connectivity index (χ1v) is 6.53. The van der Waals surface area contributed by atoms with Gasteiger partial charge in [-0.05, 0) is 6.42 Å². The normalized spacial score (nSPS) is 10.1. The highest BCUT2D eigenvalue weighted by Gasteiger charge is 2.06. The molecule has 0 saturated heterocycles. The zero-order valence-electron chi connectivity index (χ0n) is 9.88. The standard InChI is InChI=1S/C11H19N3OS/c1-3-4-5-6-13-10(15)7-9-8-16-11(12-2)14-9/h8H,3-7H2,1-2H3,(H,12,14)(H,13,15). The molecule has 0 radical (unpaired) electrons. The van der Waals surface area contributed by atoms with Crippen LogP contribution in [0.1, 0.15) is 31.9 Å². The van der Waals surface area contributed by atoms with Crippen molar-refractivity contribution < 1.29 is 4.79 Å². The Morgan fingerprint density at radius 3 is 2.94 bits per heavy atom. The largest absolute Gasteiger partial charge is 0.365 e. The van der Waals surface area contributed by atoms with Crippen LogP contribution in [-0.2, 0) is 11.2 Å². The SMILES string of the molecule is CCCCCNC(=O)Cc1csc(NC)n1.